The van der Waals surface area contributed by atoms with Crippen LogP contribution in [-0.4, -0.2) is 39.2 Å². The van der Waals surface area contributed by atoms with E-state index in [9.17, 15) is 0 Å². The summed E-state index contributed by atoms with van der Waals surface area (Å²) >= 11 is 0. The Hall–Kier alpha value is -3.02. The largest absolute Gasteiger partial charge is 0.491 e. The summed E-state index contributed by atoms with van der Waals surface area (Å²) in [5, 5.41) is 8.55. The Morgan fingerprint density at radius 3 is 2.50 bits per heavy atom. The number of amidine groups is 1. The molecule has 0 spiro atoms. The van der Waals surface area contributed by atoms with E-state index in [2.05, 4.69) is 47.4 Å². The molecule has 0 aliphatic carbocycles. The topological polar surface area (TPSA) is 64.7 Å². The van der Waals surface area contributed by atoms with Crippen molar-refractivity contribution >= 4 is 22.6 Å². The van der Waals surface area contributed by atoms with Crippen molar-refractivity contribution in [2.75, 3.05) is 6.54 Å². The highest BCUT2D eigenvalue weighted by Crippen LogP contribution is 2.23. The molecule has 0 bridgehead atoms. The maximum Gasteiger partial charge on any atom is 0.155 e. The van der Waals surface area contributed by atoms with Gasteiger partial charge in [-0.1, -0.05) is 11.3 Å². The number of benzene rings is 2. The van der Waals surface area contributed by atoms with E-state index in [1.54, 1.807) is 0 Å². The van der Waals surface area contributed by atoms with Gasteiger partial charge in [0.2, 0.25) is 0 Å². The van der Waals surface area contributed by atoms with Gasteiger partial charge in [0.05, 0.1) is 23.9 Å². The highest BCUT2D eigenvalue weighted by atomic mass is 16.5. The van der Waals surface area contributed by atoms with Crippen molar-refractivity contribution in [3.63, 3.8) is 0 Å². The first-order valence-electron chi connectivity index (χ1n) is 9.67. The average Bonchev–Trinajstić information content (AvgIpc) is 3.29. The first-order chi connectivity index (χ1) is 13.4. The van der Waals surface area contributed by atoms with Crippen molar-refractivity contribution in [3.8, 4) is 5.75 Å². The lowest BCUT2D eigenvalue weighted by Gasteiger charge is -2.13. The van der Waals surface area contributed by atoms with E-state index in [-0.39, 0.29) is 12.1 Å². The second-order valence-corrected chi connectivity index (χ2v) is 7.68. The molecule has 6 heteroatoms. The molecular weight excluding hydrogens is 350 g/mol. The van der Waals surface area contributed by atoms with E-state index in [1.807, 2.05) is 43.7 Å². The van der Waals surface area contributed by atoms with E-state index in [0.717, 1.165) is 45.0 Å². The molecule has 1 aliphatic rings. The van der Waals surface area contributed by atoms with Gasteiger partial charge in [0, 0.05) is 17.2 Å². The molecule has 0 amide bonds. The summed E-state index contributed by atoms with van der Waals surface area (Å²) in [5.74, 6) is 1.67. The van der Waals surface area contributed by atoms with Crippen LogP contribution in [-0.2, 0) is 0 Å². The van der Waals surface area contributed by atoms with Crippen molar-refractivity contribution in [1.82, 2.24) is 15.0 Å². The summed E-state index contributed by atoms with van der Waals surface area (Å²) in [4.78, 5) is 9.42. The van der Waals surface area contributed by atoms with Gasteiger partial charge in [0.15, 0.2) is 5.84 Å². The Labute approximate surface area is 165 Å². The predicted octanol–water partition coefficient (Wildman–Crippen LogP) is 4.36. The third kappa shape index (κ3) is 3.42. The highest BCUT2D eigenvalue weighted by molar-refractivity contribution is 6.17. The zero-order chi connectivity index (χ0) is 19.8. The van der Waals surface area contributed by atoms with E-state index in [1.165, 1.54) is 0 Å². The summed E-state index contributed by atoms with van der Waals surface area (Å²) in [6, 6.07) is 12.6. The number of ether oxygens (including phenoxy) is 1. The monoisotopic (exact) mass is 375 g/mol. The molecule has 2 heterocycles. The SMILES string of the molecule is Cc1cc(C2=NCC(c3ccc4c(c3)nnn4C(C)C)=N2)ccc1OC(C)C. The quantitative estimate of drug-likeness (QED) is 0.666. The normalized spacial score (nSPS) is 14.1. The fourth-order valence-corrected chi connectivity index (χ4v) is 3.34. The number of aryl methyl sites for hydroxylation is 1. The maximum atomic E-state index is 5.82. The summed E-state index contributed by atoms with van der Waals surface area (Å²) in [7, 11) is 0. The van der Waals surface area contributed by atoms with Gasteiger partial charge in [0.1, 0.15) is 11.3 Å². The fourth-order valence-electron chi connectivity index (χ4n) is 3.34. The molecule has 0 saturated carbocycles. The third-order valence-corrected chi connectivity index (χ3v) is 4.71. The molecule has 28 heavy (non-hydrogen) atoms. The molecule has 0 fully saturated rings. The molecule has 0 radical (unpaired) electrons. The summed E-state index contributed by atoms with van der Waals surface area (Å²) < 4.78 is 7.75. The van der Waals surface area contributed by atoms with Crippen LogP contribution in [0.4, 0.5) is 0 Å². The zero-order valence-electron chi connectivity index (χ0n) is 17.0. The van der Waals surface area contributed by atoms with Crippen molar-refractivity contribution in [2.45, 2.75) is 46.8 Å². The minimum absolute atomic E-state index is 0.154. The number of nitrogens with zero attached hydrogens (tertiary/aromatic N) is 5. The second kappa shape index (κ2) is 7.19. The molecule has 2 aromatic carbocycles. The lowest BCUT2D eigenvalue weighted by atomic mass is 10.1. The number of rotatable bonds is 5. The molecule has 0 unspecified atom stereocenters. The molecule has 0 atom stereocenters. The summed E-state index contributed by atoms with van der Waals surface area (Å²) in [6.45, 7) is 10.9. The molecule has 144 valence electrons. The molecule has 0 N–H and O–H groups in total. The lowest BCUT2D eigenvalue weighted by molar-refractivity contribution is 0.241. The second-order valence-electron chi connectivity index (χ2n) is 7.68. The van der Waals surface area contributed by atoms with Crippen molar-refractivity contribution < 1.29 is 4.74 Å². The standard InChI is InChI=1S/C22H25N5O/c1-13(2)27-20-8-6-16(11-18(20)25-26-27)19-12-23-22(24-19)17-7-9-21(15(5)10-17)28-14(3)4/h6-11,13-14H,12H2,1-5H3. The molecule has 1 aromatic heterocycles. The van der Waals surface area contributed by atoms with Crippen LogP contribution >= 0.6 is 0 Å². The van der Waals surface area contributed by atoms with E-state index < -0.39 is 0 Å². The van der Waals surface area contributed by atoms with Crippen LogP contribution in [0.5, 0.6) is 5.75 Å². The van der Waals surface area contributed by atoms with Crippen molar-refractivity contribution in [2.24, 2.45) is 9.98 Å². The van der Waals surface area contributed by atoms with Crippen molar-refractivity contribution in [1.29, 1.82) is 0 Å². The average molecular weight is 375 g/mol. The molecule has 4 rings (SSSR count). The van der Waals surface area contributed by atoms with Crippen LogP contribution in [0, 0.1) is 6.92 Å². The third-order valence-electron chi connectivity index (χ3n) is 4.71. The lowest BCUT2D eigenvalue weighted by Crippen LogP contribution is -2.07. The molecule has 3 aromatic rings. The van der Waals surface area contributed by atoms with Crippen molar-refractivity contribution in [3.05, 3.63) is 53.1 Å². The molecular formula is C22H25N5O. The highest BCUT2D eigenvalue weighted by Gasteiger charge is 2.17. The van der Waals surface area contributed by atoms with Gasteiger partial charge in [-0.25, -0.2) is 9.67 Å². The number of aliphatic imine (C=N–C) groups is 2. The number of hydrogen-bond donors (Lipinski definition) is 0. The van der Waals surface area contributed by atoms with Gasteiger partial charge >= 0.3 is 0 Å². The zero-order valence-corrected chi connectivity index (χ0v) is 17.0. The van der Waals surface area contributed by atoms with Gasteiger partial charge < -0.3 is 4.74 Å². The first-order valence-corrected chi connectivity index (χ1v) is 9.67. The Kier molecular flexibility index (Phi) is 4.71. The summed E-state index contributed by atoms with van der Waals surface area (Å²) in [5.41, 5.74) is 6.01. The maximum absolute atomic E-state index is 5.82. The molecule has 1 aliphatic heterocycles. The van der Waals surface area contributed by atoms with E-state index >= 15 is 0 Å². The van der Waals surface area contributed by atoms with Crippen LogP contribution in [0.15, 0.2) is 46.4 Å². The van der Waals surface area contributed by atoms with Gasteiger partial charge in [-0.05, 0) is 70.5 Å². The Morgan fingerprint density at radius 1 is 1.00 bits per heavy atom. The predicted molar refractivity (Wildman–Crippen MR) is 113 cm³/mol. The minimum Gasteiger partial charge on any atom is -0.491 e. The Balaban J connectivity index is 1.60. The minimum atomic E-state index is 0.154. The molecule has 0 saturated heterocycles. The van der Waals surface area contributed by atoms with Gasteiger partial charge in [0.25, 0.3) is 0 Å². The summed E-state index contributed by atoms with van der Waals surface area (Å²) in [6.07, 6.45) is 0.154. The first kappa shape index (κ1) is 18.3. The van der Waals surface area contributed by atoms with Crippen LogP contribution in [0.1, 0.15) is 50.4 Å². The van der Waals surface area contributed by atoms with Crippen LogP contribution in [0.25, 0.3) is 11.0 Å². The van der Waals surface area contributed by atoms with Crippen LogP contribution < -0.4 is 4.74 Å². The van der Waals surface area contributed by atoms with Gasteiger partial charge in [-0.3, -0.25) is 4.99 Å². The fraction of sp³-hybridized carbons (Fsp3) is 0.364. The van der Waals surface area contributed by atoms with Gasteiger partial charge in [-0.15, -0.1) is 5.10 Å². The number of fused-ring (bicyclic) bond motifs is 1. The van der Waals surface area contributed by atoms with Crippen LogP contribution in [0.3, 0.4) is 0 Å². The van der Waals surface area contributed by atoms with Gasteiger partial charge in [-0.2, -0.15) is 0 Å². The van der Waals surface area contributed by atoms with Crippen LogP contribution in [0.2, 0.25) is 0 Å². The van der Waals surface area contributed by atoms with E-state index in [4.69, 9.17) is 9.73 Å². The van der Waals surface area contributed by atoms with E-state index in [0.29, 0.717) is 6.54 Å². The number of aromatic nitrogens is 3. The Bertz CT molecular complexity index is 1090. The molecule has 6 nitrogen and oxygen atoms in total. The number of hydrogen-bond acceptors (Lipinski definition) is 5. The smallest absolute Gasteiger partial charge is 0.155 e. The Morgan fingerprint density at radius 2 is 1.79 bits per heavy atom.